The molecule has 1 aromatic carbocycles. The van der Waals surface area contributed by atoms with Crippen LogP contribution in [-0.2, 0) is 0 Å². The lowest BCUT2D eigenvalue weighted by Gasteiger charge is -2.46. The van der Waals surface area contributed by atoms with Gasteiger partial charge in [0.05, 0.1) is 19.2 Å². The fraction of sp³-hybridized carbons (Fsp3) is 0.588. The Labute approximate surface area is 127 Å². The highest BCUT2D eigenvalue weighted by Crippen LogP contribution is 2.44. The smallest absolute Gasteiger partial charge is 0.196 e. The number of ether oxygens (including phenoxy) is 1. The molecule has 2 aliphatic rings. The summed E-state index contributed by atoms with van der Waals surface area (Å²) in [4.78, 5) is 6.81. The number of rotatable bonds is 2. The maximum Gasteiger partial charge on any atom is 0.196 e. The van der Waals surface area contributed by atoms with E-state index < -0.39 is 0 Å². The van der Waals surface area contributed by atoms with Crippen LogP contribution in [0.15, 0.2) is 29.3 Å². The largest absolute Gasteiger partial charge is 0.497 e. The predicted octanol–water partition coefficient (Wildman–Crippen LogP) is 3.02. The van der Waals surface area contributed by atoms with Crippen LogP contribution >= 0.6 is 0 Å². The van der Waals surface area contributed by atoms with Crippen LogP contribution in [0.2, 0.25) is 0 Å². The van der Waals surface area contributed by atoms with Gasteiger partial charge in [-0.25, -0.2) is 0 Å². The van der Waals surface area contributed by atoms with Gasteiger partial charge in [0.1, 0.15) is 5.75 Å². The van der Waals surface area contributed by atoms with Crippen LogP contribution in [0.25, 0.3) is 0 Å². The molecule has 1 aromatic rings. The van der Waals surface area contributed by atoms with Gasteiger partial charge in [0.2, 0.25) is 0 Å². The zero-order chi connectivity index (χ0) is 15.0. The summed E-state index contributed by atoms with van der Waals surface area (Å²) in [7, 11) is 1.70. The maximum absolute atomic E-state index is 6.22. The molecule has 4 nitrogen and oxygen atoms in total. The van der Waals surface area contributed by atoms with Gasteiger partial charge in [-0.2, -0.15) is 0 Å². The second-order valence-electron chi connectivity index (χ2n) is 6.63. The molecule has 1 spiro atoms. The Bertz CT molecular complexity index is 557. The molecule has 0 saturated heterocycles. The van der Waals surface area contributed by atoms with Crippen molar-refractivity contribution in [1.82, 2.24) is 0 Å². The van der Waals surface area contributed by atoms with Gasteiger partial charge in [0.15, 0.2) is 5.96 Å². The Morgan fingerprint density at radius 3 is 2.86 bits per heavy atom. The molecular formula is C17H25N3O. The minimum Gasteiger partial charge on any atom is -0.497 e. The van der Waals surface area contributed by atoms with Crippen LogP contribution in [0.4, 0.5) is 5.69 Å². The molecule has 1 aliphatic carbocycles. The summed E-state index contributed by atoms with van der Waals surface area (Å²) < 4.78 is 5.36. The van der Waals surface area contributed by atoms with Crippen molar-refractivity contribution in [2.24, 2.45) is 22.6 Å². The minimum atomic E-state index is 0.0579. The monoisotopic (exact) mass is 287 g/mol. The molecule has 3 unspecified atom stereocenters. The first-order valence-electron chi connectivity index (χ1n) is 7.80. The van der Waals surface area contributed by atoms with Gasteiger partial charge in [0, 0.05) is 11.8 Å². The summed E-state index contributed by atoms with van der Waals surface area (Å²) in [5, 5.41) is 0. The molecule has 21 heavy (non-hydrogen) atoms. The van der Waals surface area contributed by atoms with Crippen LogP contribution in [0.1, 0.15) is 33.1 Å². The Hall–Kier alpha value is -1.71. The normalized spacial score (nSPS) is 32.3. The summed E-state index contributed by atoms with van der Waals surface area (Å²) in [6.07, 6.45) is 3.54. The van der Waals surface area contributed by atoms with Gasteiger partial charge in [-0.05, 0) is 43.2 Å². The van der Waals surface area contributed by atoms with Crippen molar-refractivity contribution in [2.75, 3.05) is 18.6 Å². The highest BCUT2D eigenvalue weighted by molar-refractivity contribution is 5.98. The van der Waals surface area contributed by atoms with E-state index in [4.69, 9.17) is 10.5 Å². The van der Waals surface area contributed by atoms with Crippen molar-refractivity contribution in [3.63, 3.8) is 0 Å². The number of guanidine groups is 1. The van der Waals surface area contributed by atoms with Crippen molar-refractivity contribution in [2.45, 2.75) is 38.6 Å². The molecular weight excluding hydrogens is 262 g/mol. The number of aliphatic imine (C=N–C) groups is 1. The van der Waals surface area contributed by atoms with E-state index in [0.717, 1.165) is 36.7 Å². The molecule has 2 N–H and O–H groups in total. The third-order valence-electron chi connectivity index (χ3n) is 5.29. The second kappa shape index (κ2) is 5.24. The van der Waals surface area contributed by atoms with Gasteiger partial charge in [-0.3, -0.25) is 4.99 Å². The van der Waals surface area contributed by atoms with E-state index in [0.29, 0.717) is 11.9 Å². The molecule has 1 aliphatic heterocycles. The number of hydrogen-bond acceptors (Lipinski definition) is 4. The Morgan fingerprint density at radius 1 is 1.33 bits per heavy atom. The summed E-state index contributed by atoms with van der Waals surface area (Å²) in [5.41, 5.74) is 7.37. The van der Waals surface area contributed by atoms with Crippen molar-refractivity contribution in [1.29, 1.82) is 0 Å². The first kappa shape index (κ1) is 14.2. The van der Waals surface area contributed by atoms with Crippen LogP contribution in [0.3, 0.4) is 0 Å². The number of benzene rings is 1. The average molecular weight is 287 g/mol. The summed E-state index contributed by atoms with van der Waals surface area (Å²) in [5.74, 6) is 2.99. The molecule has 1 fully saturated rings. The SMILES string of the molecule is COc1cccc(N2C(N)=NCC23CCC(C)C(C)C3)c1. The number of nitrogens with zero attached hydrogens (tertiary/aromatic N) is 2. The molecule has 114 valence electrons. The van der Waals surface area contributed by atoms with Crippen molar-refractivity contribution in [3.05, 3.63) is 24.3 Å². The van der Waals surface area contributed by atoms with E-state index >= 15 is 0 Å². The summed E-state index contributed by atoms with van der Waals surface area (Å²) in [6.45, 7) is 5.52. The van der Waals surface area contributed by atoms with Crippen molar-refractivity contribution >= 4 is 11.6 Å². The van der Waals surface area contributed by atoms with Gasteiger partial charge < -0.3 is 15.4 Å². The quantitative estimate of drug-likeness (QED) is 0.909. The zero-order valence-corrected chi connectivity index (χ0v) is 13.2. The van der Waals surface area contributed by atoms with Gasteiger partial charge in [0.25, 0.3) is 0 Å². The van der Waals surface area contributed by atoms with Crippen molar-refractivity contribution < 1.29 is 4.74 Å². The van der Waals surface area contributed by atoms with Gasteiger partial charge in [-0.1, -0.05) is 19.9 Å². The second-order valence-corrected chi connectivity index (χ2v) is 6.63. The molecule has 0 amide bonds. The summed E-state index contributed by atoms with van der Waals surface area (Å²) >= 11 is 0. The lowest BCUT2D eigenvalue weighted by molar-refractivity contribution is 0.189. The molecule has 4 heteroatoms. The fourth-order valence-electron chi connectivity index (χ4n) is 3.80. The third kappa shape index (κ3) is 2.37. The Balaban J connectivity index is 1.95. The molecule has 0 bridgehead atoms. The highest BCUT2D eigenvalue weighted by atomic mass is 16.5. The minimum absolute atomic E-state index is 0.0579. The van der Waals surface area contributed by atoms with Gasteiger partial charge >= 0.3 is 0 Å². The zero-order valence-electron chi connectivity index (χ0n) is 13.2. The van der Waals surface area contributed by atoms with E-state index in [1.54, 1.807) is 7.11 Å². The van der Waals surface area contributed by atoms with Crippen LogP contribution in [-0.4, -0.2) is 25.2 Å². The number of nitrogens with two attached hydrogens (primary N) is 1. The number of methoxy groups -OCH3 is 1. The molecule has 3 rings (SSSR count). The molecule has 1 saturated carbocycles. The number of anilines is 1. The van der Waals surface area contributed by atoms with E-state index in [2.05, 4.69) is 35.9 Å². The first-order chi connectivity index (χ1) is 10.1. The molecule has 0 aromatic heterocycles. The topological polar surface area (TPSA) is 50.9 Å². The molecule has 3 atom stereocenters. The Morgan fingerprint density at radius 2 is 2.14 bits per heavy atom. The summed E-state index contributed by atoms with van der Waals surface area (Å²) in [6, 6.07) is 8.13. The standard InChI is InChI=1S/C17H25N3O/c1-12-7-8-17(10-13(12)2)11-19-16(18)20(17)14-5-4-6-15(9-14)21-3/h4-6,9,12-13H,7-8,10-11H2,1-3H3,(H2,18,19). The van der Waals surface area contributed by atoms with Crippen LogP contribution < -0.4 is 15.4 Å². The fourth-order valence-corrected chi connectivity index (χ4v) is 3.80. The Kier molecular flexibility index (Phi) is 3.56. The molecule has 1 heterocycles. The lowest BCUT2D eigenvalue weighted by Crippen LogP contribution is -2.55. The first-order valence-corrected chi connectivity index (χ1v) is 7.80. The lowest BCUT2D eigenvalue weighted by atomic mass is 9.70. The van der Waals surface area contributed by atoms with E-state index in [1.807, 2.05) is 12.1 Å². The van der Waals surface area contributed by atoms with Crippen molar-refractivity contribution in [3.8, 4) is 5.75 Å². The van der Waals surface area contributed by atoms with Crippen LogP contribution in [0, 0.1) is 11.8 Å². The number of hydrogen-bond donors (Lipinski definition) is 1. The predicted molar refractivity (Wildman–Crippen MR) is 86.9 cm³/mol. The van der Waals surface area contributed by atoms with Crippen LogP contribution in [0.5, 0.6) is 5.75 Å². The maximum atomic E-state index is 6.22. The van der Waals surface area contributed by atoms with Gasteiger partial charge in [-0.15, -0.1) is 0 Å². The highest BCUT2D eigenvalue weighted by Gasteiger charge is 2.47. The average Bonchev–Trinajstić information content (AvgIpc) is 2.80. The van der Waals surface area contributed by atoms with E-state index in [-0.39, 0.29) is 5.54 Å². The van der Waals surface area contributed by atoms with E-state index in [9.17, 15) is 0 Å². The third-order valence-corrected chi connectivity index (χ3v) is 5.29. The van der Waals surface area contributed by atoms with E-state index in [1.165, 1.54) is 6.42 Å². The molecule has 0 radical (unpaired) electrons.